The topological polar surface area (TPSA) is 55.8 Å². The van der Waals surface area contributed by atoms with Crippen molar-refractivity contribution in [2.75, 3.05) is 13.2 Å². The highest BCUT2D eigenvalue weighted by Gasteiger charge is 2.33. The number of rotatable bonds is 16. The number of aliphatic hydroxyl groups excluding tert-OH is 1. The van der Waals surface area contributed by atoms with Crippen molar-refractivity contribution in [3.63, 3.8) is 0 Å². The van der Waals surface area contributed by atoms with Crippen molar-refractivity contribution in [1.29, 1.82) is 0 Å². The second kappa shape index (κ2) is 14.8. The highest BCUT2D eigenvalue weighted by molar-refractivity contribution is 6.73. The van der Waals surface area contributed by atoms with Gasteiger partial charge in [-0.3, -0.25) is 0 Å². The molecule has 0 aliphatic heterocycles. The summed E-state index contributed by atoms with van der Waals surface area (Å²) in [6.07, 6.45) is 7.32. The smallest absolute Gasteiger partial charge is 0.338 e. The van der Waals surface area contributed by atoms with Crippen LogP contribution in [-0.2, 0) is 9.16 Å². The van der Waals surface area contributed by atoms with Crippen LogP contribution in [0.3, 0.4) is 0 Å². The summed E-state index contributed by atoms with van der Waals surface area (Å²) < 4.78 is 12.1. The Labute approximate surface area is 172 Å². The first kappa shape index (κ1) is 24.9. The molecule has 0 aliphatic rings. The third-order valence-corrected chi connectivity index (χ3v) is 9.90. The minimum absolute atomic E-state index is 0.171. The van der Waals surface area contributed by atoms with E-state index in [-0.39, 0.29) is 12.6 Å². The van der Waals surface area contributed by atoms with E-state index in [1.165, 1.54) is 56.7 Å². The van der Waals surface area contributed by atoms with E-state index in [2.05, 4.69) is 20.8 Å². The van der Waals surface area contributed by atoms with Gasteiger partial charge in [-0.25, -0.2) is 4.79 Å². The highest BCUT2D eigenvalue weighted by Crippen LogP contribution is 2.30. The van der Waals surface area contributed by atoms with Crippen LogP contribution >= 0.6 is 0 Å². The van der Waals surface area contributed by atoms with E-state index in [1.54, 1.807) is 12.1 Å². The summed E-state index contributed by atoms with van der Waals surface area (Å²) in [4.78, 5) is 12.2. The van der Waals surface area contributed by atoms with Gasteiger partial charge in [0.15, 0.2) is 8.32 Å². The Morgan fingerprint density at radius 3 is 1.96 bits per heavy atom. The van der Waals surface area contributed by atoms with Crippen LogP contribution in [-0.4, -0.2) is 38.7 Å². The Morgan fingerprint density at radius 1 is 0.964 bits per heavy atom. The lowest BCUT2D eigenvalue weighted by molar-refractivity contribution is 0.00724. The number of unbranched alkanes of at least 4 members (excludes halogenated alkanes) is 3. The van der Waals surface area contributed by atoms with Gasteiger partial charge in [-0.1, -0.05) is 77.5 Å². The maximum Gasteiger partial charge on any atom is 0.338 e. The summed E-state index contributed by atoms with van der Waals surface area (Å²) in [5.41, 5.74) is 0.513. The zero-order chi connectivity index (χ0) is 20.7. The first-order valence-electron chi connectivity index (χ1n) is 11.1. The van der Waals surface area contributed by atoms with Gasteiger partial charge >= 0.3 is 5.97 Å². The van der Waals surface area contributed by atoms with Gasteiger partial charge in [0.1, 0.15) is 6.10 Å². The Bertz CT molecular complexity index is 499. The first-order chi connectivity index (χ1) is 13.6. The molecule has 1 aromatic rings. The molecular weight excluding hydrogens is 368 g/mol. The molecule has 0 spiro atoms. The predicted octanol–water partition coefficient (Wildman–Crippen LogP) is 5.96. The van der Waals surface area contributed by atoms with Crippen LogP contribution in [0, 0.1) is 0 Å². The summed E-state index contributed by atoms with van der Waals surface area (Å²) in [7, 11) is -1.76. The molecule has 4 nitrogen and oxygen atoms in total. The fourth-order valence-corrected chi connectivity index (χ4v) is 8.20. The van der Waals surface area contributed by atoms with Gasteiger partial charge < -0.3 is 14.3 Å². The number of hydrogen-bond acceptors (Lipinski definition) is 4. The molecule has 1 atom stereocenters. The van der Waals surface area contributed by atoms with Crippen LogP contribution in [0.2, 0.25) is 18.1 Å². The summed E-state index contributed by atoms with van der Waals surface area (Å²) in [6, 6.07) is 12.6. The number of carbonyl (C=O) groups is 1. The van der Waals surface area contributed by atoms with Crippen molar-refractivity contribution in [3.8, 4) is 0 Å². The molecule has 0 saturated heterocycles. The van der Waals surface area contributed by atoms with E-state index >= 15 is 0 Å². The van der Waals surface area contributed by atoms with E-state index in [0.29, 0.717) is 18.6 Å². The Hall–Kier alpha value is -1.17. The first-order valence-corrected chi connectivity index (χ1v) is 13.6. The SMILES string of the molecule is CCCC[Si](CCCC)(CCCC)OCC[C@@H](CO)OC(=O)c1ccccc1. The fourth-order valence-electron chi connectivity index (χ4n) is 3.48. The lowest BCUT2D eigenvalue weighted by Gasteiger charge is -2.32. The third kappa shape index (κ3) is 9.35. The zero-order valence-corrected chi connectivity index (χ0v) is 19.1. The molecule has 0 heterocycles. The van der Waals surface area contributed by atoms with Crippen molar-refractivity contribution < 1.29 is 19.1 Å². The van der Waals surface area contributed by atoms with Gasteiger partial charge in [-0.15, -0.1) is 0 Å². The summed E-state index contributed by atoms with van der Waals surface area (Å²) in [5.74, 6) is -0.383. The van der Waals surface area contributed by atoms with E-state index < -0.39 is 14.4 Å². The van der Waals surface area contributed by atoms with Crippen LogP contribution in [0.5, 0.6) is 0 Å². The number of esters is 1. The maximum atomic E-state index is 12.2. The third-order valence-electron chi connectivity index (χ3n) is 5.29. The average molecular weight is 409 g/mol. The Morgan fingerprint density at radius 2 is 1.50 bits per heavy atom. The molecule has 0 unspecified atom stereocenters. The second-order valence-electron chi connectivity index (χ2n) is 7.71. The normalized spacial score (nSPS) is 12.7. The van der Waals surface area contributed by atoms with E-state index in [1.807, 2.05) is 18.2 Å². The van der Waals surface area contributed by atoms with Gasteiger partial charge in [-0.05, 0) is 30.3 Å². The van der Waals surface area contributed by atoms with Crippen molar-refractivity contribution in [2.45, 2.75) is 90.0 Å². The molecular formula is C23H40O4Si. The molecule has 0 fully saturated rings. The minimum Gasteiger partial charge on any atom is -0.456 e. The molecule has 1 aromatic carbocycles. The lowest BCUT2D eigenvalue weighted by Crippen LogP contribution is -2.39. The van der Waals surface area contributed by atoms with Gasteiger partial charge in [0, 0.05) is 13.0 Å². The van der Waals surface area contributed by atoms with Gasteiger partial charge in [-0.2, -0.15) is 0 Å². The molecule has 1 N–H and O–H groups in total. The van der Waals surface area contributed by atoms with Crippen LogP contribution in [0.4, 0.5) is 0 Å². The molecule has 5 heteroatoms. The van der Waals surface area contributed by atoms with E-state index in [0.717, 1.165) is 0 Å². The predicted molar refractivity (Wildman–Crippen MR) is 118 cm³/mol. The molecule has 1 rings (SSSR count). The zero-order valence-electron chi connectivity index (χ0n) is 18.1. The Balaban J connectivity index is 2.63. The summed E-state index contributed by atoms with van der Waals surface area (Å²) in [5, 5.41) is 9.65. The fraction of sp³-hybridized carbons (Fsp3) is 0.696. The van der Waals surface area contributed by atoms with Crippen molar-refractivity contribution in [2.24, 2.45) is 0 Å². The number of ether oxygens (including phenoxy) is 1. The van der Waals surface area contributed by atoms with Crippen LogP contribution < -0.4 is 0 Å². The number of aliphatic hydroxyl groups is 1. The molecule has 0 saturated carbocycles. The van der Waals surface area contributed by atoms with Crippen molar-refractivity contribution in [3.05, 3.63) is 35.9 Å². The number of carbonyl (C=O) groups excluding carboxylic acids is 1. The van der Waals surface area contributed by atoms with Gasteiger partial charge in [0.2, 0.25) is 0 Å². The standard InChI is InChI=1S/C23H40O4Si/c1-4-7-17-28(18-8-5-2,19-9-6-3)26-16-15-22(20-24)27-23(25)21-13-11-10-12-14-21/h10-14,22,24H,4-9,15-20H2,1-3H3/t22-/m0/s1. The summed E-state index contributed by atoms with van der Waals surface area (Å²) in [6.45, 7) is 7.11. The lowest BCUT2D eigenvalue weighted by atomic mass is 10.2. The average Bonchev–Trinajstić information content (AvgIpc) is 2.74. The number of hydrogen-bond donors (Lipinski definition) is 1. The molecule has 0 radical (unpaired) electrons. The minimum atomic E-state index is -1.76. The molecule has 0 aliphatic carbocycles. The Kier molecular flexibility index (Phi) is 13.1. The van der Waals surface area contributed by atoms with Gasteiger partial charge in [0.25, 0.3) is 0 Å². The van der Waals surface area contributed by atoms with E-state index in [9.17, 15) is 9.90 Å². The van der Waals surface area contributed by atoms with Gasteiger partial charge in [0.05, 0.1) is 12.2 Å². The molecule has 0 bridgehead atoms. The van der Waals surface area contributed by atoms with Crippen LogP contribution in [0.15, 0.2) is 30.3 Å². The summed E-state index contributed by atoms with van der Waals surface area (Å²) >= 11 is 0. The number of benzene rings is 1. The maximum absolute atomic E-state index is 12.2. The van der Waals surface area contributed by atoms with Crippen molar-refractivity contribution >= 4 is 14.3 Å². The monoisotopic (exact) mass is 408 g/mol. The largest absolute Gasteiger partial charge is 0.456 e. The molecule has 160 valence electrons. The highest BCUT2D eigenvalue weighted by atomic mass is 28.4. The van der Waals surface area contributed by atoms with Crippen LogP contribution in [0.25, 0.3) is 0 Å². The molecule has 0 aromatic heterocycles. The van der Waals surface area contributed by atoms with E-state index in [4.69, 9.17) is 9.16 Å². The molecule has 0 amide bonds. The van der Waals surface area contributed by atoms with Crippen LogP contribution in [0.1, 0.15) is 76.1 Å². The van der Waals surface area contributed by atoms with Crippen molar-refractivity contribution in [1.82, 2.24) is 0 Å². The molecule has 28 heavy (non-hydrogen) atoms. The second-order valence-corrected chi connectivity index (χ2v) is 11.9. The quantitative estimate of drug-likeness (QED) is 0.271.